The lowest BCUT2D eigenvalue weighted by Gasteiger charge is -2.15. The number of hydrogen-bond donors (Lipinski definition) is 0. The lowest BCUT2D eigenvalue weighted by Crippen LogP contribution is -2.29. The largest absolute Gasteiger partial charge is 0.342 e. The normalized spacial score (nSPS) is 17.7. The Kier molecular flexibility index (Phi) is 3.97. The van der Waals surface area contributed by atoms with Gasteiger partial charge in [-0.1, -0.05) is 17.3 Å². The van der Waals surface area contributed by atoms with Gasteiger partial charge >= 0.3 is 0 Å². The molecule has 3 aromatic heterocycles. The molecule has 5 nitrogen and oxygen atoms in total. The summed E-state index contributed by atoms with van der Waals surface area (Å²) in [6, 6.07) is 7.91. The van der Waals surface area contributed by atoms with E-state index < -0.39 is 0 Å². The van der Waals surface area contributed by atoms with Gasteiger partial charge in [0, 0.05) is 23.9 Å². The van der Waals surface area contributed by atoms with Gasteiger partial charge < -0.3 is 9.42 Å². The summed E-state index contributed by atoms with van der Waals surface area (Å²) in [7, 11) is 0. The van der Waals surface area contributed by atoms with E-state index in [-0.39, 0.29) is 11.8 Å². The highest BCUT2D eigenvalue weighted by Crippen LogP contribution is 2.29. The van der Waals surface area contributed by atoms with Crippen molar-refractivity contribution in [1.82, 2.24) is 15.0 Å². The molecule has 0 N–H and O–H groups in total. The zero-order chi connectivity index (χ0) is 15.6. The van der Waals surface area contributed by atoms with Gasteiger partial charge in [-0.15, -0.1) is 22.7 Å². The Balaban J connectivity index is 1.41. The van der Waals surface area contributed by atoms with Crippen molar-refractivity contribution in [2.75, 3.05) is 13.1 Å². The minimum absolute atomic E-state index is 0.166. The van der Waals surface area contributed by atoms with Gasteiger partial charge in [-0.25, -0.2) is 0 Å². The number of aromatic nitrogens is 2. The van der Waals surface area contributed by atoms with Crippen molar-refractivity contribution in [3.05, 3.63) is 45.7 Å². The van der Waals surface area contributed by atoms with Gasteiger partial charge in [0.1, 0.15) is 0 Å². The third-order valence-electron chi connectivity index (χ3n) is 3.99. The Morgan fingerprint density at radius 3 is 2.96 bits per heavy atom. The Labute approximate surface area is 141 Å². The van der Waals surface area contributed by atoms with E-state index in [0.717, 1.165) is 22.7 Å². The second kappa shape index (κ2) is 6.25. The quantitative estimate of drug-likeness (QED) is 0.727. The first kappa shape index (κ1) is 14.6. The van der Waals surface area contributed by atoms with Crippen molar-refractivity contribution in [1.29, 1.82) is 0 Å². The van der Waals surface area contributed by atoms with Gasteiger partial charge in [0.05, 0.1) is 11.3 Å². The Hall–Kier alpha value is -1.99. The Morgan fingerprint density at radius 2 is 2.17 bits per heavy atom. The van der Waals surface area contributed by atoms with Crippen molar-refractivity contribution in [3.8, 4) is 10.8 Å². The molecule has 118 valence electrons. The van der Waals surface area contributed by atoms with Crippen molar-refractivity contribution >= 4 is 28.6 Å². The van der Waals surface area contributed by atoms with E-state index >= 15 is 0 Å². The standard InChI is InChI=1S/C16H15N3O2S2/c20-14(9-12-3-1-7-22-12)19-6-5-11(10-19)15-17-16(21-18-15)13-4-2-8-23-13/h1-4,7-8,11H,5-6,9-10H2. The zero-order valence-corrected chi connectivity index (χ0v) is 14.0. The van der Waals surface area contributed by atoms with Gasteiger partial charge in [0.15, 0.2) is 5.82 Å². The number of likely N-dealkylation sites (tertiary alicyclic amines) is 1. The van der Waals surface area contributed by atoms with Crippen molar-refractivity contribution in [3.63, 3.8) is 0 Å². The Bertz CT molecular complexity index is 780. The molecule has 1 aliphatic rings. The summed E-state index contributed by atoms with van der Waals surface area (Å²) < 4.78 is 5.35. The van der Waals surface area contributed by atoms with Gasteiger partial charge in [-0.05, 0) is 29.3 Å². The molecule has 7 heteroatoms. The third-order valence-corrected chi connectivity index (χ3v) is 5.72. The van der Waals surface area contributed by atoms with Gasteiger partial charge in [0.25, 0.3) is 5.89 Å². The SMILES string of the molecule is O=C(Cc1cccs1)N1CCC(c2noc(-c3cccs3)n2)C1. The van der Waals surface area contributed by atoms with Gasteiger partial charge in [-0.3, -0.25) is 4.79 Å². The molecule has 0 saturated carbocycles. The summed E-state index contributed by atoms with van der Waals surface area (Å²) in [5.41, 5.74) is 0. The summed E-state index contributed by atoms with van der Waals surface area (Å²) in [5.74, 6) is 1.62. The van der Waals surface area contributed by atoms with Crippen LogP contribution in [0.5, 0.6) is 0 Å². The smallest absolute Gasteiger partial charge is 0.267 e. The number of carbonyl (C=O) groups excluding carboxylic acids is 1. The molecule has 0 radical (unpaired) electrons. The highest BCUT2D eigenvalue weighted by molar-refractivity contribution is 7.13. The number of thiophene rings is 2. The van der Waals surface area contributed by atoms with Crippen LogP contribution in [0.4, 0.5) is 0 Å². The first-order chi connectivity index (χ1) is 11.3. The fourth-order valence-electron chi connectivity index (χ4n) is 2.77. The van der Waals surface area contributed by atoms with Crippen LogP contribution < -0.4 is 0 Å². The summed E-state index contributed by atoms with van der Waals surface area (Å²) in [4.78, 5) is 20.8. The van der Waals surface area contributed by atoms with Crippen molar-refractivity contribution in [2.45, 2.75) is 18.8 Å². The molecule has 4 heterocycles. The molecule has 1 unspecified atom stereocenters. The zero-order valence-electron chi connectivity index (χ0n) is 12.3. The minimum Gasteiger partial charge on any atom is -0.342 e. The van der Waals surface area contributed by atoms with Crippen molar-refractivity contribution < 1.29 is 9.32 Å². The summed E-state index contributed by atoms with van der Waals surface area (Å²) in [5, 5.41) is 8.09. The van der Waals surface area contributed by atoms with E-state index in [2.05, 4.69) is 10.1 Å². The van der Waals surface area contributed by atoms with E-state index in [4.69, 9.17) is 4.52 Å². The fourth-order valence-corrected chi connectivity index (χ4v) is 4.11. The number of nitrogens with zero attached hydrogens (tertiary/aromatic N) is 3. The average molecular weight is 345 g/mol. The van der Waals surface area contributed by atoms with Crippen LogP contribution in [0, 0.1) is 0 Å². The number of hydrogen-bond acceptors (Lipinski definition) is 6. The molecule has 1 fully saturated rings. The topological polar surface area (TPSA) is 59.2 Å². The third kappa shape index (κ3) is 3.07. The van der Waals surface area contributed by atoms with Crippen molar-refractivity contribution in [2.24, 2.45) is 0 Å². The van der Waals surface area contributed by atoms with E-state index in [1.54, 1.807) is 22.7 Å². The molecule has 1 aliphatic heterocycles. The molecule has 23 heavy (non-hydrogen) atoms. The molecule has 1 saturated heterocycles. The molecule has 1 amide bonds. The van der Waals surface area contributed by atoms with Gasteiger partial charge in [0.2, 0.25) is 5.91 Å². The van der Waals surface area contributed by atoms with Crippen LogP contribution in [0.15, 0.2) is 39.5 Å². The maximum absolute atomic E-state index is 12.4. The maximum atomic E-state index is 12.4. The highest BCUT2D eigenvalue weighted by Gasteiger charge is 2.30. The first-order valence-corrected chi connectivity index (χ1v) is 9.23. The number of carbonyl (C=O) groups is 1. The molecule has 0 aliphatic carbocycles. The van der Waals surface area contributed by atoms with Crippen LogP contribution in [-0.2, 0) is 11.2 Å². The number of rotatable bonds is 4. The molecule has 0 bridgehead atoms. The average Bonchev–Trinajstić information content (AvgIpc) is 3.30. The Morgan fingerprint density at radius 1 is 1.30 bits per heavy atom. The summed E-state index contributed by atoms with van der Waals surface area (Å²) >= 11 is 3.20. The summed E-state index contributed by atoms with van der Waals surface area (Å²) in [6.45, 7) is 1.44. The lowest BCUT2D eigenvalue weighted by atomic mass is 10.1. The minimum atomic E-state index is 0.166. The molecular formula is C16H15N3O2S2. The number of amides is 1. The van der Waals surface area contributed by atoms with E-state index in [0.29, 0.717) is 24.7 Å². The fraction of sp³-hybridized carbons (Fsp3) is 0.312. The second-order valence-electron chi connectivity index (χ2n) is 5.52. The molecular weight excluding hydrogens is 330 g/mol. The second-order valence-corrected chi connectivity index (χ2v) is 7.50. The molecule has 3 aromatic rings. The van der Waals surface area contributed by atoms with Crippen LogP contribution in [0.25, 0.3) is 10.8 Å². The van der Waals surface area contributed by atoms with Crippen LogP contribution in [0.3, 0.4) is 0 Å². The summed E-state index contributed by atoms with van der Waals surface area (Å²) in [6.07, 6.45) is 1.37. The van der Waals surface area contributed by atoms with Crippen LogP contribution in [-0.4, -0.2) is 34.0 Å². The first-order valence-electron chi connectivity index (χ1n) is 7.47. The van der Waals surface area contributed by atoms with Crippen LogP contribution in [0.1, 0.15) is 23.0 Å². The molecule has 0 spiro atoms. The van der Waals surface area contributed by atoms with Gasteiger partial charge in [-0.2, -0.15) is 4.98 Å². The molecule has 1 atom stereocenters. The highest BCUT2D eigenvalue weighted by atomic mass is 32.1. The van der Waals surface area contributed by atoms with E-state index in [1.165, 1.54) is 0 Å². The molecule has 4 rings (SSSR count). The predicted molar refractivity (Wildman–Crippen MR) is 89.6 cm³/mol. The van der Waals surface area contributed by atoms with E-state index in [1.807, 2.05) is 39.9 Å². The van der Waals surface area contributed by atoms with Crippen LogP contribution >= 0.6 is 22.7 Å². The lowest BCUT2D eigenvalue weighted by molar-refractivity contribution is -0.129. The van der Waals surface area contributed by atoms with E-state index in [9.17, 15) is 4.79 Å². The maximum Gasteiger partial charge on any atom is 0.267 e. The van der Waals surface area contributed by atoms with Crippen LogP contribution in [0.2, 0.25) is 0 Å². The molecule has 0 aromatic carbocycles. The predicted octanol–water partition coefficient (Wildman–Crippen LogP) is 3.42. The monoisotopic (exact) mass is 345 g/mol.